The van der Waals surface area contributed by atoms with E-state index in [4.69, 9.17) is 28.9 Å². The Balaban J connectivity index is 2.33. The summed E-state index contributed by atoms with van der Waals surface area (Å²) in [5, 5.41) is 3.00. The number of nitrogens with two attached hydrogens (primary N) is 1. The highest BCUT2D eigenvalue weighted by molar-refractivity contribution is 6.37. The van der Waals surface area contributed by atoms with Crippen LogP contribution in [0.15, 0.2) is 30.3 Å². The van der Waals surface area contributed by atoms with Crippen LogP contribution in [-0.4, -0.2) is 4.98 Å². The van der Waals surface area contributed by atoms with Gasteiger partial charge < -0.3 is 11.1 Å². The summed E-state index contributed by atoms with van der Waals surface area (Å²) in [4.78, 5) is 3.88. The highest BCUT2D eigenvalue weighted by Gasteiger charge is 2.30. The minimum atomic E-state index is -4.42. The molecule has 106 valence electrons. The molecule has 0 saturated carbocycles. The van der Waals surface area contributed by atoms with Crippen molar-refractivity contribution in [2.75, 3.05) is 11.1 Å². The molecule has 20 heavy (non-hydrogen) atoms. The first-order valence-corrected chi connectivity index (χ1v) is 6.09. The second kappa shape index (κ2) is 5.38. The molecule has 1 heterocycles. The summed E-state index contributed by atoms with van der Waals surface area (Å²) in [6.45, 7) is 0. The Kier molecular flexibility index (Phi) is 3.96. The van der Waals surface area contributed by atoms with Gasteiger partial charge in [-0.15, -0.1) is 0 Å². The van der Waals surface area contributed by atoms with E-state index in [2.05, 4.69) is 10.3 Å². The lowest BCUT2D eigenvalue weighted by atomic mass is 10.2. The Morgan fingerprint density at radius 3 is 2.45 bits per heavy atom. The fourth-order valence-electron chi connectivity index (χ4n) is 1.48. The van der Waals surface area contributed by atoms with Crippen molar-refractivity contribution in [2.45, 2.75) is 6.18 Å². The van der Waals surface area contributed by atoms with Crippen molar-refractivity contribution >= 4 is 40.5 Å². The maximum atomic E-state index is 12.6. The highest BCUT2D eigenvalue weighted by Crippen LogP contribution is 2.33. The predicted octanol–water partition coefficient (Wildman–Crippen LogP) is 4.73. The van der Waals surface area contributed by atoms with E-state index in [9.17, 15) is 13.2 Å². The van der Waals surface area contributed by atoms with E-state index in [0.717, 1.165) is 12.1 Å². The quantitative estimate of drug-likeness (QED) is 0.840. The molecule has 0 spiro atoms. The Morgan fingerprint density at radius 2 is 1.80 bits per heavy atom. The summed E-state index contributed by atoms with van der Waals surface area (Å²) in [6.07, 6.45) is -4.42. The van der Waals surface area contributed by atoms with Gasteiger partial charge in [0.15, 0.2) is 5.82 Å². The lowest BCUT2D eigenvalue weighted by Crippen LogP contribution is -2.05. The molecule has 8 heteroatoms. The SMILES string of the molecule is Nc1nc(Nc2cccc(C(F)(F)F)c2)c(Cl)cc1Cl. The standard InChI is InChI=1S/C12H8Cl2F3N3/c13-8-5-9(14)11(20-10(8)18)19-7-3-1-2-6(4-7)12(15,16)17/h1-5H,(H3,18,19,20). The van der Waals surface area contributed by atoms with Crippen molar-refractivity contribution in [1.29, 1.82) is 0 Å². The number of nitrogens with zero attached hydrogens (tertiary/aromatic N) is 1. The summed E-state index contributed by atoms with van der Waals surface area (Å²) < 4.78 is 37.8. The van der Waals surface area contributed by atoms with Gasteiger partial charge in [0.1, 0.15) is 5.82 Å². The van der Waals surface area contributed by atoms with Crippen LogP contribution in [0.1, 0.15) is 5.56 Å². The van der Waals surface area contributed by atoms with E-state index in [0.29, 0.717) is 0 Å². The lowest BCUT2D eigenvalue weighted by Gasteiger charge is -2.11. The summed E-state index contributed by atoms with van der Waals surface area (Å²) in [5.74, 6) is 0.165. The molecule has 0 aliphatic carbocycles. The van der Waals surface area contributed by atoms with E-state index in [1.165, 1.54) is 18.2 Å². The Labute approximate surface area is 122 Å². The maximum Gasteiger partial charge on any atom is 0.416 e. The van der Waals surface area contributed by atoms with E-state index >= 15 is 0 Å². The van der Waals surface area contributed by atoms with Gasteiger partial charge in [0.2, 0.25) is 0 Å². The molecule has 3 nitrogen and oxygen atoms in total. The van der Waals surface area contributed by atoms with E-state index in [-0.39, 0.29) is 27.4 Å². The second-order valence-electron chi connectivity index (χ2n) is 3.89. The normalized spacial score (nSPS) is 11.4. The Morgan fingerprint density at radius 1 is 1.10 bits per heavy atom. The number of benzene rings is 1. The van der Waals surface area contributed by atoms with Crippen LogP contribution in [0.2, 0.25) is 10.0 Å². The molecular formula is C12H8Cl2F3N3. The number of nitrogen functional groups attached to an aromatic ring is 1. The van der Waals surface area contributed by atoms with Gasteiger partial charge >= 0.3 is 6.18 Å². The number of anilines is 3. The van der Waals surface area contributed by atoms with Gasteiger partial charge in [-0.1, -0.05) is 29.3 Å². The average Bonchev–Trinajstić information content (AvgIpc) is 2.35. The molecule has 0 unspecified atom stereocenters. The van der Waals surface area contributed by atoms with Crippen LogP contribution in [0.25, 0.3) is 0 Å². The molecule has 0 aliphatic heterocycles. The minimum absolute atomic E-state index is 0.0329. The van der Waals surface area contributed by atoms with Crippen molar-refractivity contribution in [1.82, 2.24) is 4.98 Å². The van der Waals surface area contributed by atoms with Crippen molar-refractivity contribution in [2.24, 2.45) is 0 Å². The largest absolute Gasteiger partial charge is 0.416 e. The van der Waals surface area contributed by atoms with Gasteiger partial charge in [0.05, 0.1) is 15.6 Å². The lowest BCUT2D eigenvalue weighted by molar-refractivity contribution is -0.137. The molecular weight excluding hydrogens is 314 g/mol. The molecule has 0 saturated heterocycles. The van der Waals surface area contributed by atoms with Crippen LogP contribution in [0.3, 0.4) is 0 Å². The van der Waals surface area contributed by atoms with Gasteiger partial charge in [-0.2, -0.15) is 13.2 Å². The van der Waals surface area contributed by atoms with Gasteiger partial charge in [-0.3, -0.25) is 0 Å². The molecule has 2 rings (SSSR count). The van der Waals surface area contributed by atoms with Gasteiger partial charge in [0.25, 0.3) is 0 Å². The molecule has 0 atom stereocenters. The number of hydrogen-bond acceptors (Lipinski definition) is 3. The summed E-state index contributed by atoms with van der Waals surface area (Å²) in [7, 11) is 0. The molecule has 0 radical (unpaired) electrons. The fraction of sp³-hybridized carbons (Fsp3) is 0.0833. The summed E-state index contributed by atoms with van der Waals surface area (Å²) >= 11 is 11.6. The third-order valence-electron chi connectivity index (χ3n) is 2.41. The average molecular weight is 322 g/mol. The number of halogens is 5. The Bertz CT molecular complexity index is 644. The zero-order valence-electron chi connectivity index (χ0n) is 9.80. The summed E-state index contributed by atoms with van der Waals surface area (Å²) in [6, 6.07) is 6.01. The van der Waals surface area contributed by atoms with Crippen LogP contribution in [0, 0.1) is 0 Å². The highest BCUT2D eigenvalue weighted by atomic mass is 35.5. The summed E-state index contributed by atoms with van der Waals surface area (Å²) in [5.41, 5.74) is 4.93. The zero-order valence-corrected chi connectivity index (χ0v) is 11.3. The molecule has 0 bridgehead atoms. The first-order chi connectivity index (χ1) is 9.27. The van der Waals surface area contributed by atoms with E-state index < -0.39 is 11.7 Å². The van der Waals surface area contributed by atoms with Crippen molar-refractivity contribution in [3.63, 3.8) is 0 Å². The maximum absolute atomic E-state index is 12.6. The van der Waals surface area contributed by atoms with Gasteiger partial charge in [0, 0.05) is 5.69 Å². The van der Waals surface area contributed by atoms with Crippen LogP contribution in [0.4, 0.5) is 30.5 Å². The number of pyridine rings is 1. The van der Waals surface area contributed by atoms with Crippen LogP contribution in [-0.2, 0) is 6.18 Å². The molecule has 0 amide bonds. The van der Waals surface area contributed by atoms with Gasteiger partial charge in [-0.05, 0) is 24.3 Å². The van der Waals surface area contributed by atoms with E-state index in [1.54, 1.807) is 0 Å². The van der Waals surface area contributed by atoms with Crippen molar-refractivity contribution in [3.05, 3.63) is 45.9 Å². The molecule has 2 aromatic rings. The number of alkyl halides is 3. The molecule has 1 aromatic carbocycles. The van der Waals surface area contributed by atoms with Crippen LogP contribution in [0.5, 0.6) is 0 Å². The second-order valence-corrected chi connectivity index (χ2v) is 4.70. The van der Waals surface area contributed by atoms with Gasteiger partial charge in [-0.25, -0.2) is 4.98 Å². The number of rotatable bonds is 2. The fourth-order valence-corrected chi connectivity index (χ4v) is 1.88. The molecule has 0 aliphatic rings. The number of hydrogen-bond donors (Lipinski definition) is 2. The zero-order chi connectivity index (χ0) is 14.9. The molecule has 3 N–H and O–H groups in total. The monoisotopic (exact) mass is 321 g/mol. The third kappa shape index (κ3) is 3.26. The minimum Gasteiger partial charge on any atom is -0.382 e. The smallest absolute Gasteiger partial charge is 0.382 e. The molecule has 1 aromatic heterocycles. The number of nitrogens with one attached hydrogen (secondary N) is 1. The predicted molar refractivity (Wildman–Crippen MR) is 73.4 cm³/mol. The van der Waals surface area contributed by atoms with Crippen LogP contribution < -0.4 is 11.1 Å². The topological polar surface area (TPSA) is 50.9 Å². The first kappa shape index (κ1) is 14.7. The van der Waals surface area contributed by atoms with Crippen molar-refractivity contribution < 1.29 is 13.2 Å². The first-order valence-electron chi connectivity index (χ1n) is 5.33. The number of aromatic nitrogens is 1. The van der Waals surface area contributed by atoms with Crippen molar-refractivity contribution in [3.8, 4) is 0 Å². The Hall–Kier alpha value is -1.66. The van der Waals surface area contributed by atoms with Crippen LogP contribution >= 0.6 is 23.2 Å². The van der Waals surface area contributed by atoms with E-state index in [1.807, 2.05) is 0 Å². The molecule has 0 fully saturated rings. The third-order valence-corrected chi connectivity index (χ3v) is 3.00.